The van der Waals surface area contributed by atoms with Gasteiger partial charge in [-0.25, -0.2) is 0 Å². The van der Waals surface area contributed by atoms with E-state index in [1.165, 1.54) is 6.33 Å². The topological polar surface area (TPSA) is 70.3 Å². The second kappa shape index (κ2) is 6.15. The molecule has 0 radical (unpaired) electrons. The monoisotopic (exact) mass is 313 g/mol. The van der Waals surface area contributed by atoms with Crippen molar-refractivity contribution < 1.29 is 9.47 Å². The Morgan fingerprint density at radius 2 is 1.85 bits per heavy atom. The first-order chi connectivity index (χ1) is 9.47. The maximum Gasteiger partial charge on any atom is 0.249 e. The van der Waals surface area contributed by atoms with Crippen molar-refractivity contribution >= 4 is 28.9 Å². The van der Waals surface area contributed by atoms with Gasteiger partial charge in [0.1, 0.15) is 12.1 Å². The van der Waals surface area contributed by atoms with E-state index in [1.807, 2.05) is 13.8 Å². The molecule has 2 aromatic rings. The fraction of sp³-hybridized carbons (Fsp3) is 0.231. The van der Waals surface area contributed by atoms with Gasteiger partial charge in [-0.1, -0.05) is 23.2 Å². The highest BCUT2D eigenvalue weighted by atomic mass is 35.5. The second-order valence-electron chi connectivity index (χ2n) is 4.24. The molecule has 0 bridgehead atoms. The Hall–Kier alpha value is -1.72. The predicted molar refractivity (Wildman–Crippen MR) is 78.7 cm³/mol. The molecule has 7 heteroatoms. The van der Waals surface area contributed by atoms with E-state index in [1.54, 1.807) is 18.2 Å². The van der Waals surface area contributed by atoms with Gasteiger partial charge in [-0.05, 0) is 32.0 Å². The van der Waals surface area contributed by atoms with Crippen LogP contribution in [0.5, 0.6) is 17.5 Å². The van der Waals surface area contributed by atoms with Crippen LogP contribution in [0.2, 0.25) is 10.0 Å². The highest BCUT2D eigenvalue weighted by molar-refractivity contribution is 6.35. The molecule has 5 nitrogen and oxygen atoms in total. The number of halogens is 2. The molecule has 0 atom stereocenters. The van der Waals surface area contributed by atoms with Crippen molar-refractivity contribution in [2.24, 2.45) is 0 Å². The largest absolute Gasteiger partial charge is 0.473 e. The van der Waals surface area contributed by atoms with Crippen LogP contribution >= 0.6 is 23.2 Å². The summed E-state index contributed by atoms with van der Waals surface area (Å²) < 4.78 is 11.0. The van der Waals surface area contributed by atoms with E-state index in [2.05, 4.69) is 9.97 Å². The van der Waals surface area contributed by atoms with Gasteiger partial charge in [0.25, 0.3) is 0 Å². The Bertz CT molecular complexity index is 621. The molecule has 0 aliphatic rings. The van der Waals surface area contributed by atoms with E-state index in [9.17, 15) is 0 Å². The molecule has 0 fully saturated rings. The van der Waals surface area contributed by atoms with Crippen LogP contribution in [0.4, 0.5) is 5.69 Å². The predicted octanol–water partition coefficient (Wildman–Crippen LogP) is 3.95. The summed E-state index contributed by atoms with van der Waals surface area (Å²) in [5.41, 5.74) is 6.13. The van der Waals surface area contributed by atoms with Crippen molar-refractivity contribution in [2.45, 2.75) is 20.0 Å². The van der Waals surface area contributed by atoms with Crippen LogP contribution in [0.3, 0.4) is 0 Å². The number of nitrogens with zero attached hydrogens (tertiary/aromatic N) is 2. The third-order valence-corrected chi connectivity index (χ3v) is 2.79. The number of hydrogen-bond acceptors (Lipinski definition) is 5. The molecule has 2 rings (SSSR count). The lowest BCUT2D eigenvalue weighted by atomic mass is 10.3. The highest BCUT2D eigenvalue weighted by Gasteiger charge is 2.14. The molecule has 1 aromatic carbocycles. The maximum atomic E-state index is 6.03. The van der Waals surface area contributed by atoms with Gasteiger partial charge >= 0.3 is 0 Å². The summed E-state index contributed by atoms with van der Waals surface area (Å²) in [7, 11) is 0. The molecule has 1 aromatic heterocycles. The Balaban J connectivity index is 2.29. The van der Waals surface area contributed by atoms with Gasteiger partial charge in [-0.3, -0.25) is 0 Å². The van der Waals surface area contributed by atoms with Crippen molar-refractivity contribution in [1.29, 1.82) is 0 Å². The Morgan fingerprint density at radius 1 is 1.15 bits per heavy atom. The molecule has 1 heterocycles. The number of anilines is 1. The molecule has 0 aliphatic heterocycles. The van der Waals surface area contributed by atoms with Crippen molar-refractivity contribution in [3.8, 4) is 17.5 Å². The molecular weight excluding hydrogens is 301 g/mol. The molecule has 0 unspecified atom stereocenters. The van der Waals surface area contributed by atoms with E-state index < -0.39 is 0 Å². The Kier molecular flexibility index (Phi) is 4.52. The Labute approximate surface area is 126 Å². The first-order valence-corrected chi connectivity index (χ1v) is 6.63. The van der Waals surface area contributed by atoms with Crippen molar-refractivity contribution in [2.75, 3.05) is 5.73 Å². The summed E-state index contributed by atoms with van der Waals surface area (Å²) in [5, 5.41) is 0.878. The lowest BCUT2D eigenvalue weighted by Gasteiger charge is -2.13. The zero-order valence-corrected chi connectivity index (χ0v) is 12.4. The van der Waals surface area contributed by atoms with Gasteiger partial charge in [0.05, 0.1) is 11.1 Å². The summed E-state index contributed by atoms with van der Waals surface area (Å²) in [6, 6.07) is 4.86. The van der Waals surface area contributed by atoms with Crippen LogP contribution in [0.15, 0.2) is 24.5 Å². The average Bonchev–Trinajstić information content (AvgIpc) is 2.36. The fourth-order valence-electron chi connectivity index (χ4n) is 1.42. The van der Waals surface area contributed by atoms with Gasteiger partial charge in [-0.2, -0.15) is 9.97 Å². The standard InChI is InChI=1S/C13H13Cl2N3O2/c1-7(2)19-12-11(16)13(18-6-17-12)20-10-4-3-8(14)5-9(10)15/h3-7H,16H2,1-2H3. The first-order valence-electron chi connectivity index (χ1n) is 5.87. The minimum Gasteiger partial charge on any atom is -0.473 e. The number of rotatable bonds is 4. The molecule has 0 saturated heterocycles. The van der Waals surface area contributed by atoms with Crippen LogP contribution in [0, 0.1) is 0 Å². The normalized spacial score (nSPS) is 10.7. The molecule has 0 amide bonds. The quantitative estimate of drug-likeness (QED) is 0.925. The molecule has 106 valence electrons. The average molecular weight is 314 g/mol. The summed E-state index contributed by atoms with van der Waals surface area (Å²) in [4.78, 5) is 7.94. The van der Waals surface area contributed by atoms with E-state index in [0.29, 0.717) is 15.8 Å². The zero-order valence-electron chi connectivity index (χ0n) is 10.9. The summed E-state index contributed by atoms with van der Waals surface area (Å²) in [6.07, 6.45) is 1.26. The van der Waals surface area contributed by atoms with Gasteiger partial charge in [0.2, 0.25) is 11.8 Å². The maximum absolute atomic E-state index is 6.03. The van der Waals surface area contributed by atoms with Crippen LogP contribution in [0.1, 0.15) is 13.8 Å². The van der Waals surface area contributed by atoms with Gasteiger partial charge in [-0.15, -0.1) is 0 Å². The number of benzene rings is 1. The van der Waals surface area contributed by atoms with Gasteiger partial charge in [0.15, 0.2) is 5.69 Å². The number of aromatic nitrogens is 2. The number of nitrogen functional groups attached to an aromatic ring is 1. The smallest absolute Gasteiger partial charge is 0.249 e. The van der Waals surface area contributed by atoms with Gasteiger partial charge < -0.3 is 15.2 Å². The van der Waals surface area contributed by atoms with Crippen molar-refractivity contribution in [1.82, 2.24) is 9.97 Å². The Morgan fingerprint density at radius 3 is 2.50 bits per heavy atom. The van der Waals surface area contributed by atoms with Crippen LogP contribution in [0.25, 0.3) is 0 Å². The zero-order chi connectivity index (χ0) is 14.7. The minimum absolute atomic E-state index is 0.0563. The lowest BCUT2D eigenvalue weighted by molar-refractivity contribution is 0.233. The van der Waals surface area contributed by atoms with Crippen LogP contribution in [-0.2, 0) is 0 Å². The highest BCUT2D eigenvalue weighted by Crippen LogP contribution is 2.35. The molecule has 20 heavy (non-hydrogen) atoms. The van der Waals surface area contributed by atoms with E-state index in [4.69, 9.17) is 38.4 Å². The molecule has 2 N–H and O–H groups in total. The second-order valence-corrected chi connectivity index (χ2v) is 5.08. The van der Waals surface area contributed by atoms with Crippen LogP contribution in [-0.4, -0.2) is 16.1 Å². The van der Waals surface area contributed by atoms with E-state index >= 15 is 0 Å². The number of nitrogens with two attached hydrogens (primary N) is 1. The van der Waals surface area contributed by atoms with Crippen molar-refractivity contribution in [3.63, 3.8) is 0 Å². The van der Waals surface area contributed by atoms with Gasteiger partial charge in [0, 0.05) is 5.02 Å². The third kappa shape index (κ3) is 3.43. The van der Waals surface area contributed by atoms with E-state index in [-0.39, 0.29) is 23.6 Å². The lowest BCUT2D eigenvalue weighted by Crippen LogP contribution is -2.10. The first kappa shape index (κ1) is 14.7. The fourth-order valence-corrected chi connectivity index (χ4v) is 1.87. The summed E-state index contributed by atoms with van der Waals surface area (Å²) in [5.74, 6) is 0.854. The summed E-state index contributed by atoms with van der Waals surface area (Å²) in [6.45, 7) is 3.75. The SMILES string of the molecule is CC(C)Oc1ncnc(Oc2ccc(Cl)cc2Cl)c1N. The minimum atomic E-state index is -0.0563. The molecule has 0 spiro atoms. The summed E-state index contributed by atoms with van der Waals surface area (Å²) >= 11 is 11.9. The molecule has 0 aliphatic carbocycles. The van der Waals surface area contributed by atoms with Crippen molar-refractivity contribution in [3.05, 3.63) is 34.6 Å². The molecule has 0 saturated carbocycles. The molecular formula is C13H13Cl2N3O2. The number of hydrogen-bond donors (Lipinski definition) is 1. The third-order valence-electron chi connectivity index (χ3n) is 2.26. The van der Waals surface area contributed by atoms with E-state index in [0.717, 1.165) is 0 Å². The van der Waals surface area contributed by atoms with Crippen LogP contribution < -0.4 is 15.2 Å². The number of ether oxygens (including phenoxy) is 2.